The number of aliphatic hydroxyl groups excluding tert-OH is 1. The molecule has 21 heavy (non-hydrogen) atoms. The summed E-state index contributed by atoms with van der Waals surface area (Å²) < 4.78 is 27.2. The summed E-state index contributed by atoms with van der Waals surface area (Å²) in [7, 11) is -3.63. The van der Waals surface area contributed by atoms with Crippen molar-refractivity contribution in [3.8, 4) is 0 Å². The van der Waals surface area contributed by atoms with Gasteiger partial charge in [-0.2, -0.15) is 4.31 Å². The summed E-state index contributed by atoms with van der Waals surface area (Å²) in [6.07, 6.45) is 1.47. The SMILES string of the molecule is O=S(=O)(c1ccc(Cl)c2ccccc12)N1CCC[C@@H]1CO. The van der Waals surface area contributed by atoms with E-state index in [9.17, 15) is 13.5 Å². The lowest BCUT2D eigenvalue weighted by atomic mass is 10.1. The molecule has 1 atom stereocenters. The highest BCUT2D eigenvalue weighted by molar-refractivity contribution is 7.89. The van der Waals surface area contributed by atoms with E-state index in [1.54, 1.807) is 24.3 Å². The van der Waals surface area contributed by atoms with Crippen molar-refractivity contribution in [1.82, 2.24) is 4.31 Å². The molecule has 6 heteroatoms. The van der Waals surface area contributed by atoms with Gasteiger partial charge in [-0.1, -0.05) is 35.9 Å². The van der Waals surface area contributed by atoms with E-state index >= 15 is 0 Å². The first-order valence-corrected chi connectivity index (χ1v) is 8.67. The van der Waals surface area contributed by atoms with Gasteiger partial charge in [0.05, 0.1) is 11.5 Å². The van der Waals surface area contributed by atoms with E-state index in [2.05, 4.69) is 0 Å². The minimum absolute atomic E-state index is 0.148. The summed E-state index contributed by atoms with van der Waals surface area (Å²) in [6.45, 7) is 0.301. The molecule has 1 aliphatic rings. The Morgan fingerprint density at radius 1 is 1.19 bits per heavy atom. The number of halogens is 1. The van der Waals surface area contributed by atoms with Gasteiger partial charge in [0, 0.05) is 28.4 Å². The fourth-order valence-corrected chi connectivity index (χ4v) is 5.00. The maximum Gasteiger partial charge on any atom is 0.244 e. The van der Waals surface area contributed by atoms with Gasteiger partial charge >= 0.3 is 0 Å². The minimum Gasteiger partial charge on any atom is -0.395 e. The molecule has 1 aliphatic heterocycles. The molecule has 0 saturated carbocycles. The van der Waals surface area contributed by atoms with Gasteiger partial charge in [-0.05, 0) is 25.0 Å². The maximum absolute atomic E-state index is 12.9. The molecule has 1 fully saturated rings. The fourth-order valence-electron chi connectivity index (χ4n) is 2.89. The third kappa shape index (κ3) is 2.44. The van der Waals surface area contributed by atoms with E-state index in [-0.39, 0.29) is 17.5 Å². The van der Waals surface area contributed by atoms with Crippen LogP contribution in [0, 0.1) is 0 Å². The molecule has 1 saturated heterocycles. The molecule has 112 valence electrons. The Hall–Kier alpha value is -1.14. The fraction of sp³-hybridized carbons (Fsp3) is 0.333. The molecule has 0 spiro atoms. The number of fused-ring (bicyclic) bond motifs is 1. The number of hydrogen-bond acceptors (Lipinski definition) is 3. The Bertz CT molecular complexity index is 776. The number of benzene rings is 2. The summed E-state index contributed by atoms with van der Waals surface area (Å²) >= 11 is 6.15. The average molecular weight is 326 g/mol. The second-order valence-electron chi connectivity index (χ2n) is 5.19. The van der Waals surface area contributed by atoms with Gasteiger partial charge in [0.1, 0.15) is 0 Å². The quantitative estimate of drug-likeness (QED) is 0.943. The number of nitrogens with zero attached hydrogens (tertiary/aromatic N) is 1. The lowest BCUT2D eigenvalue weighted by Gasteiger charge is -2.23. The van der Waals surface area contributed by atoms with Crippen molar-refractivity contribution in [1.29, 1.82) is 0 Å². The molecule has 3 rings (SSSR count). The van der Waals surface area contributed by atoms with Crippen molar-refractivity contribution in [2.45, 2.75) is 23.8 Å². The van der Waals surface area contributed by atoms with Crippen LogP contribution < -0.4 is 0 Å². The highest BCUT2D eigenvalue weighted by Crippen LogP contribution is 2.33. The standard InChI is InChI=1S/C15H16ClNO3S/c16-14-7-8-15(13-6-2-1-5-12(13)14)21(19,20)17-9-3-4-11(17)10-18/h1-2,5-8,11,18H,3-4,9-10H2/t11-/m1/s1. The maximum atomic E-state index is 12.9. The predicted molar refractivity (Wildman–Crippen MR) is 83.0 cm³/mol. The van der Waals surface area contributed by atoms with Crippen molar-refractivity contribution < 1.29 is 13.5 Å². The van der Waals surface area contributed by atoms with Crippen molar-refractivity contribution in [3.05, 3.63) is 41.4 Å². The van der Waals surface area contributed by atoms with Gasteiger partial charge in [0.15, 0.2) is 0 Å². The summed E-state index contributed by atoms with van der Waals surface area (Å²) in [5, 5.41) is 11.3. The van der Waals surface area contributed by atoms with E-state index < -0.39 is 10.0 Å². The Kier molecular flexibility index (Phi) is 3.92. The lowest BCUT2D eigenvalue weighted by molar-refractivity contribution is 0.213. The molecule has 1 heterocycles. The molecule has 0 amide bonds. The molecular formula is C15H16ClNO3S. The zero-order valence-electron chi connectivity index (χ0n) is 11.4. The largest absolute Gasteiger partial charge is 0.395 e. The lowest BCUT2D eigenvalue weighted by Crippen LogP contribution is -2.37. The second-order valence-corrected chi connectivity index (χ2v) is 7.45. The van der Waals surface area contributed by atoms with Crippen LogP contribution >= 0.6 is 11.6 Å². The normalized spacial score (nSPS) is 20.2. The molecule has 0 bridgehead atoms. The van der Waals surface area contributed by atoms with Crippen molar-refractivity contribution in [2.24, 2.45) is 0 Å². The molecule has 2 aromatic carbocycles. The summed E-state index contributed by atoms with van der Waals surface area (Å²) in [5.74, 6) is 0. The first kappa shape index (κ1) is 14.8. The molecule has 0 unspecified atom stereocenters. The highest BCUT2D eigenvalue weighted by atomic mass is 35.5. The molecule has 4 nitrogen and oxygen atoms in total. The van der Waals surface area contributed by atoms with Gasteiger partial charge in [0.2, 0.25) is 10.0 Å². The first-order valence-electron chi connectivity index (χ1n) is 6.85. The summed E-state index contributed by atoms with van der Waals surface area (Å²) in [4.78, 5) is 0.253. The summed E-state index contributed by atoms with van der Waals surface area (Å²) in [5.41, 5.74) is 0. The van der Waals surface area contributed by atoms with Gasteiger partial charge in [0.25, 0.3) is 0 Å². The zero-order valence-corrected chi connectivity index (χ0v) is 12.9. The molecule has 0 aromatic heterocycles. The Labute approximate surface area is 129 Å². The van der Waals surface area contributed by atoms with Gasteiger partial charge < -0.3 is 5.11 Å². The monoisotopic (exact) mass is 325 g/mol. The van der Waals surface area contributed by atoms with Crippen LogP contribution in [0.15, 0.2) is 41.3 Å². The summed E-state index contributed by atoms with van der Waals surface area (Å²) in [6, 6.07) is 10.0. The number of rotatable bonds is 3. The second kappa shape index (κ2) is 5.57. The third-order valence-electron chi connectivity index (χ3n) is 3.95. The van der Waals surface area contributed by atoms with Crippen LogP contribution in [0.4, 0.5) is 0 Å². The Balaban J connectivity index is 2.18. The van der Waals surface area contributed by atoms with Crippen LogP contribution in [0.3, 0.4) is 0 Å². The average Bonchev–Trinajstić information content (AvgIpc) is 2.97. The zero-order chi connectivity index (χ0) is 15.0. The van der Waals surface area contributed by atoms with Crippen LogP contribution in [-0.4, -0.2) is 37.0 Å². The number of sulfonamides is 1. The van der Waals surface area contributed by atoms with Crippen molar-refractivity contribution in [2.75, 3.05) is 13.2 Å². The van der Waals surface area contributed by atoms with Crippen LogP contribution in [0.2, 0.25) is 5.02 Å². The molecule has 0 radical (unpaired) electrons. The van der Waals surface area contributed by atoms with Crippen LogP contribution in [0.5, 0.6) is 0 Å². The number of hydrogen-bond donors (Lipinski definition) is 1. The van der Waals surface area contributed by atoms with Crippen molar-refractivity contribution >= 4 is 32.4 Å². The van der Waals surface area contributed by atoms with Crippen molar-refractivity contribution in [3.63, 3.8) is 0 Å². The topological polar surface area (TPSA) is 57.6 Å². The molecule has 0 aliphatic carbocycles. The number of aliphatic hydroxyl groups is 1. The van der Waals surface area contributed by atoms with E-state index in [0.29, 0.717) is 23.4 Å². The van der Waals surface area contributed by atoms with Gasteiger partial charge in [-0.3, -0.25) is 0 Å². The van der Waals surface area contributed by atoms with Gasteiger partial charge in [-0.15, -0.1) is 0 Å². The molecule has 1 N–H and O–H groups in total. The van der Waals surface area contributed by atoms with E-state index in [1.807, 2.05) is 12.1 Å². The minimum atomic E-state index is -3.63. The Morgan fingerprint density at radius 2 is 1.90 bits per heavy atom. The Morgan fingerprint density at radius 3 is 2.62 bits per heavy atom. The van der Waals surface area contributed by atoms with Crippen LogP contribution in [0.25, 0.3) is 10.8 Å². The van der Waals surface area contributed by atoms with E-state index in [1.165, 1.54) is 4.31 Å². The predicted octanol–water partition coefficient (Wildman–Crippen LogP) is 2.64. The first-order chi connectivity index (χ1) is 10.1. The van der Waals surface area contributed by atoms with E-state index in [0.717, 1.165) is 11.8 Å². The highest BCUT2D eigenvalue weighted by Gasteiger charge is 2.35. The van der Waals surface area contributed by atoms with Crippen LogP contribution in [0.1, 0.15) is 12.8 Å². The third-order valence-corrected chi connectivity index (χ3v) is 6.29. The smallest absolute Gasteiger partial charge is 0.244 e. The van der Waals surface area contributed by atoms with Gasteiger partial charge in [-0.25, -0.2) is 8.42 Å². The molecule has 2 aromatic rings. The van der Waals surface area contributed by atoms with E-state index in [4.69, 9.17) is 11.6 Å². The molecular weight excluding hydrogens is 310 g/mol. The van der Waals surface area contributed by atoms with Crippen LogP contribution in [-0.2, 0) is 10.0 Å².